The number of carbonyl (C=O) groups is 1. The fourth-order valence-electron chi connectivity index (χ4n) is 1.98. The lowest BCUT2D eigenvalue weighted by atomic mass is 10.0. The zero-order chi connectivity index (χ0) is 15.4. The van der Waals surface area contributed by atoms with Crippen molar-refractivity contribution in [2.24, 2.45) is 0 Å². The number of carbonyl (C=O) groups excluding carboxylic acids is 1. The number of halogens is 2. The average molecular weight is 309 g/mol. The Morgan fingerprint density at radius 3 is 2.57 bits per heavy atom. The van der Waals surface area contributed by atoms with Gasteiger partial charge in [-0.1, -0.05) is 11.6 Å². The van der Waals surface area contributed by atoms with Crippen molar-refractivity contribution in [1.29, 1.82) is 0 Å². The Morgan fingerprint density at radius 1 is 1.14 bits per heavy atom. The molecule has 0 unspecified atom stereocenters. The lowest BCUT2D eigenvalue weighted by Gasteiger charge is -2.10. The maximum absolute atomic E-state index is 13.7. The summed E-state index contributed by atoms with van der Waals surface area (Å²) in [4.78, 5) is 12.4. The van der Waals surface area contributed by atoms with Crippen molar-refractivity contribution < 1.29 is 18.7 Å². The molecule has 0 amide bonds. The molecule has 0 aliphatic carbocycles. The standard InChI is InChI=1S/C16H14ClFO3/c1-20-12-4-6-16(21-2)13(9-12)15(19)8-10-7-11(17)3-5-14(10)18/h3-7,9H,8H2,1-2H3. The molecule has 0 aromatic heterocycles. The molecule has 21 heavy (non-hydrogen) atoms. The molecule has 0 N–H and O–H groups in total. The number of Topliss-reactive ketones (excluding diaryl/α,β-unsaturated/α-hetero) is 1. The van der Waals surface area contributed by atoms with Crippen LogP contribution in [0.2, 0.25) is 5.02 Å². The summed E-state index contributed by atoms with van der Waals surface area (Å²) in [6.07, 6.45) is -0.101. The molecule has 110 valence electrons. The summed E-state index contributed by atoms with van der Waals surface area (Å²) in [5, 5.41) is 0.386. The van der Waals surface area contributed by atoms with E-state index < -0.39 is 5.82 Å². The molecule has 0 aliphatic heterocycles. The summed E-state index contributed by atoms with van der Waals surface area (Å²) in [5.41, 5.74) is 0.591. The van der Waals surface area contributed by atoms with Gasteiger partial charge in [0.1, 0.15) is 17.3 Å². The summed E-state index contributed by atoms with van der Waals surface area (Å²) in [6, 6.07) is 9.03. The number of ketones is 1. The van der Waals surface area contributed by atoms with E-state index in [1.165, 1.54) is 32.4 Å². The Hall–Kier alpha value is -2.07. The molecule has 0 saturated carbocycles. The highest BCUT2D eigenvalue weighted by molar-refractivity contribution is 6.30. The van der Waals surface area contributed by atoms with Crippen LogP contribution in [0.4, 0.5) is 4.39 Å². The van der Waals surface area contributed by atoms with Gasteiger partial charge < -0.3 is 9.47 Å². The van der Waals surface area contributed by atoms with E-state index in [0.29, 0.717) is 22.1 Å². The highest BCUT2D eigenvalue weighted by Crippen LogP contribution is 2.26. The zero-order valence-electron chi connectivity index (χ0n) is 11.7. The van der Waals surface area contributed by atoms with Crippen molar-refractivity contribution >= 4 is 17.4 Å². The number of rotatable bonds is 5. The second-order valence-electron chi connectivity index (χ2n) is 4.40. The minimum atomic E-state index is -0.463. The van der Waals surface area contributed by atoms with Crippen LogP contribution < -0.4 is 9.47 Å². The van der Waals surface area contributed by atoms with Crippen LogP contribution in [0, 0.1) is 5.82 Å². The van der Waals surface area contributed by atoms with Crippen LogP contribution in [0.3, 0.4) is 0 Å². The predicted molar refractivity (Wildman–Crippen MR) is 79.0 cm³/mol. The second-order valence-corrected chi connectivity index (χ2v) is 4.84. The first-order chi connectivity index (χ1) is 10.0. The van der Waals surface area contributed by atoms with Crippen molar-refractivity contribution in [2.75, 3.05) is 14.2 Å². The van der Waals surface area contributed by atoms with Gasteiger partial charge >= 0.3 is 0 Å². The smallest absolute Gasteiger partial charge is 0.171 e. The minimum Gasteiger partial charge on any atom is -0.497 e. The van der Waals surface area contributed by atoms with Gasteiger partial charge in [0, 0.05) is 11.4 Å². The van der Waals surface area contributed by atoms with Crippen molar-refractivity contribution in [1.82, 2.24) is 0 Å². The Morgan fingerprint density at radius 2 is 1.90 bits per heavy atom. The summed E-state index contributed by atoms with van der Waals surface area (Å²) in [5.74, 6) is 0.218. The van der Waals surface area contributed by atoms with E-state index in [1.54, 1.807) is 18.2 Å². The van der Waals surface area contributed by atoms with Gasteiger partial charge in [-0.15, -0.1) is 0 Å². The lowest BCUT2D eigenvalue weighted by molar-refractivity contribution is 0.0988. The van der Waals surface area contributed by atoms with Crippen molar-refractivity contribution in [2.45, 2.75) is 6.42 Å². The van der Waals surface area contributed by atoms with Gasteiger partial charge in [-0.05, 0) is 42.0 Å². The number of hydrogen-bond donors (Lipinski definition) is 0. The Labute approximate surface area is 127 Å². The van der Waals surface area contributed by atoms with Gasteiger partial charge in [-0.2, -0.15) is 0 Å². The summed E-state index contributed by atoms with van der Waals surface area (Å²) in [7, 11) is 2.98. The topological polar surface area (TPSA) is 35.5 Å². The number of ether oxygens (including phenoxy) is 2. The van der Waals surface area contributed by atoms with E-state index in [9.17, 15) is 9.18 Å². The van der Waals surface area contributed by atoms with Gasteiger partial charge in [0.15, 0.2) is 5.78 Å². The maximum Gasteiger partial charge on any atom is 0.171 e. The fraction of sp³-hybridized carbons (Fsp3) is 0.188. The molecule has 0 atom stereocenters. The molecule has 0 saturated heterocycles. The molecule has 0 spiro atoms. The van der Waals surface area contributed by atoms with Gasteiger partial charge in [-0.25, -0.2) is 4.39 Å². The SMILES string of the molecule is COc1ccc(OC)c(C(=O)Cc2cc(Cl)ccc2F)c1. The molecular weight excluding hydrogens is 295 g/mol. The van der Waals surface area contributed by atoms with Gasteiger partial charge in [0.2, 0.25) is 0 Å². The quantitative estimate of drug-likeness (QED) is 0.785. The molecule has 0 fully saturated rings. The van der Waals surface area contributed by atoms with Crippen molar-refractivity contribution in [3.8, 4) is 11.5 Å². The van der Waals surface area contributed by atoms with Crippen molar-refractivity contribution in [3.63, 3.8) is 0 Å². The monoisotopic (exact) mass is 308 g/mol. The first-order valence-corrected chi connectivity index (χ1v) is 6.62. The van der Waals surface area contributed by atoms with E-state index in [-0.39, 0.29) is 17.8 Å². The first-order valence-electron chi connectivity index (χ1n) is 6.24. The van der Waals surface area contributed by atoms with Gasteiger partial charge in [0.05, 0.1) is 19.8 Å². The van der Waals surface area contributed by atoms with Crippen LogP contribution in [0.25, 0.3) is 0 Å². The van der Waals surface area contributed by atoms with E-state index in [0.717, 1.165) is 0 Å². The normalized spacial score (nSPS) is 10.3. The Kier molecular flexibility index (Phi) is 4.81. The molecule has 5 heteroatoms. The molecule has 0 bridgehead atoms. The van der Waals surface area contributed by atoms with Crippen LogP contribution in [0.1, 0.15) is 15.9 Å². The van der Waals surface area contributed by atoms with E-state index >= 15 is 0 Å². The van der Waals surface area contributed by atoms with Crippen LogP contribution in [0.5, 0.6) is 11.5 Å². The highest BCUT2D eigenvalue weighted by atomic mass is 35.5. The third-order valence-electron chi connectivity index (χ3n) is 3.07. The van der Waals surface area contributed by atoms with Crippen LogP contribution in [-0.4, -0.2) is 20.0 Å². The maximum atomic E-state index is 13.7. The number of methoxy groups -OCH3 is 2. The first kappa shape index (κ1) is 15.3. The lowest BCUT2D eigenvalue weighted by Crippen LogP contribution is -2.07. The van der Waals surface area contributed by atoms with Gasteiger partial charge in [0.25, 0.3) is 0 Å². The largest absolute Gasteiger partial charge is 0.497 e. The average Bonchev–Trinajstić information content (AvgIpc) is 2.50. The predicted octanol–water partition coefficient (Wildman–Crippen LogP) is 3.92. The van der Waals surface area contributed by atoms with E-state index in [1.807, 2.05) is 0 Å². The van der Waals surface area contributed by atoms with Crippen LogP contribution in [0.15, 0.2) is 36.4 Å². The molecule has 2 rings (SSSR count). The molecule has 0 radical (unpaired) electrons. The molecule has 2 aromatic rings. The Bertz CT molecular complexity index is 671. The third-order valence-corrected chi connectivity index (χ3v) is 3.30. The molecule has 3 nitrogen and oxygen atoms in total. The molecule has 0 aliphatic rings. The van der Waals surface area contributed by atoms with E-state index in [4.69, 9.17) is 21.1 Å². The molecular formula is C16H14ClFO3. The number of benzene rings is 2. The van der Waals surface area contributed by atoms with Crippen LogP contribution >= 0.6 is 11.6 Å². The Balaban J connectivity index is 2.33. The molecule has 2 aromatic carbocycles. The zero-order valence-corrected chi connectivity index (χ0v) is 12.4. The summed E-state index contributed by atoms with van der Waals surface area (Å²) >= 11 is 5.83. The third kappa shape index (κ3) is 3.52. The fourth-order valence-corrected chi connectivity index (χ4v) is 2.17. The highest BCUT2D eigenvalue weighted by Gasteiger charge is 2.16. The second kappa shape index (κ2) is 6.59. The van der Waals surface area contributed by atoms with Crippen LogP contribution in [-0.2, 0) is 6.42 Å². The minimum absolute atomic E-state index is 0.101. The van der Waals surface area contributed by atoms with E-state index in [2.05, 4.69) is 0 Å². The van der Waals surface area contributed by atoms with Crippen molar-refractivity contribution in [3.05, 3.63) is 58.4 Å². The van der Waals surface area contributed by atoms with Gasteiger partial charge in [-0.3, -0.25) is 4.79 Å². The summed E-state index contributed by atoms with van der Waals surface area (Å²) in [6.45, 7) is 0. The number of hydrogen-bond acceptors (Lipinski definition) is 3. The summed E-state index contributed by atoms with van der Waals surface area (Å²) < 4.78 is 24.0. The molecule has 0 heterocycles.